The highest BCUT2D eigenvalue weighted by molar-refractivity contribution is 14.1. The van der Waals surface area contributed by atoms with E-state index in [4.69, 9.17) is 8.17 Å². The first-order chi connectivity index (χ1) is 4.33. The van der Waals surface area contributed by atoms with Crippen LogP contribution in [0.5, 0.6) is 11.5 Å². The van der Waals surface area contributed by atoms with E-state index in [0.717, 1.165) is 5.75 Å². The molecule has 0 spiro atoms. The van der Waals surface area contributed by atoms with Crippen LogP contribution < -0.4 is 3.07 Å². The third-order valence-electron chi connectivity index (χ3n) is 0.926. The average Bonchev–Trinajstić information content (AvgIpc) is 1.90. The lowest BCUT2D eigenvalue weighted by Gasteiger charge is -1.93. The molecule has 0 aromatic heterocycles. The van der Waals surface area contributed by atoms with E-state index < -0.39 is 0 Å². The number of aromatic hydroxyl groups is 1. The number of phenolic OH excluding ortho intramolecular Hbond substituents is 1. The minimum Gasteiger partial charge on any atom is -0.508 e. The maximum Gasteiger partial charge on any atom is 0.192 e. The van der Waals surface area contributed by atoms with Crippen LogP contribution in [0.4, 0.5) is 0 Å². The zero-order valence-corrected chi connectivity index (χ0v) is 6.70. The maximum atomic E-state index is 8.79. The molecular weight excluding hydrogens is 231 g/mol. The second-order valence-electron chi connectivity index (χ2n) is 1.57. The predicted molar refractivity (Wildman–Crippen MR) is 42.8 cm³/mol. The van der Waals surface area contributed by atoms with E-state index in [1.54, 1.807) is 47.3 Å². The number of hydrogen-bond donors (Lipinski definition) is 1. The van der Waals surface area contributed by atoms with Crippen LogP contribution in [0.2, 0.25) is 0 Å². The van der Waals surface area contributed by atoms with Crippen LogP contribution in [-0.2, 0) is 0 Å². The fourth-order valence-electron chi connectivity index (χ4n) is 0.498. The van der Waals surface area contributed by atoms with Gasteiger partial charge in [0.25, 0.3) is 0 Å². The van der Waals surface area contributed by atoms with Gasteiger partial charge in [0.05, 0.1) is 0 Å². The van der Waals surface area contributed by atoms with Crippen molar-refractivity contribution in [2.24, 2.45) is 0 Å². The summed E-state index contributed by atoms with van der Waals surface area (Å²) in [5.74, 6) is 1.00. The van der Waals surface area contributed by atoms with E-state index in [1.165, 1.54) is 0 Å². The molecule has 0 amide bonds. The molecule has 48 valence electrons. The van der Waals surface area contributed by atoms with Crippen LogP contribution in [0.1, 0.15) is 0 Å². The van der Waals surface area contributed by atoms with Gasteiger partial charge in [-0.3, -0.25) is 0 Å². The molecule has 0 heterocycles. The molecule has 2 nitrogen and oxygen atoms in total. The van der Waals surface area contributed by atoms with Crippen molar-refractivity contribution >= 4 is 23.0 Å². The molecule has 1 aromatic rings. The quantitative estimate of drug-likeness (QED) is 0.756. The van der Waals surface area contributed by atoms with Gasteiger partial charge < -0.3 is 8.17 Å². The summed E-state index contributed by atoms with van der Waals surface area (Å²) in [5.41, 5.74) is 0. The predicted octanol–water partition coefficient (Wildman–Crippen LogP) is 2.12. The average molecular weight is 236 g/mol. The Balaban J connectivity index is 2.88. The Hall–Kier alpha value is -0.450. The number of hydrogen-bond acceptors (Lipinski definition) is 2. The number of halogens is 1. The summed E-state index contributed by atoms with van der Waals surface area (Å²) in [6, 6.07) is 6.55. The molecule has 0 unspecified atom stereocenters. The van der Waals surface area contributed by atoms with Gasteiger partial charge in [0.2, 0.25) is 0 Å². The summed E-state index contributed by atoms with van der Waals surface area (Å²) >= 11 is 1.78. The summed E-state index contributed by atoms with van der Waals surface area (Å²) in [6.45, 7) is 0. The molecular formula is C6H5IO2. The second kappa shape index (κ2) is 2.91. The largest absolute Gasteiger partial charge is 0.508 e. The SMILES string of the molecule is Oc1ccc(OI)cc1. The molecule has 0 saturated carbocycles. The smallest absolute Gasteiger partial charge is 0.192 e. The number of phenols is 1. The molecule has 0 atom stereocenters. The van der Waals surface area contributed by atoms with Gasteiger partial charge in [-0.2, -0.15) is 0 Å². The lowest BCUT2D eigenvalue weighted by molar-refractivity contribution is 0.474. The lowest BCUT2D eigenvalue weighted by Crippen LogP contribution is -1.70. The third-order valence-corrected chi connectivity index (χ3v) is 1.43. The molecule has 0 aliphatic carbocycles. The Bertz CT molecular complexity index is 183. The number of rotatable bonds is 1. The van der Waals surface area contributed by atoms with E-state index in [9.17, 15) is 0 Å². The van der Waals surface area contributed by atoms with Crippen molar-refractivity contribution in [2.45, 2.75) is 0 Å². The van der Waals surface area contributed by atoms with Crippen LogP contribution >= 0.6 is 23.0 Å². The van der Waals surface area contributed by atoms with Gasteiger partial charge in [-0.1, -0.05) is 0 Å². The monoisotopic (exact) mass is 236 g/mol. The van der Waals surface area contributed by atoms with Gasteiger partial charge in [-0.15, -0.1) is 0 Å². The van der Waals surface area contributed by atoms with Crippen molar-refractivity contribution in [3.8, 4) is 11.5 Å². The molecule has 1 N–H and O–H groups in total. The fraction of sp³-hybridized carbons (Fsp3) is 0. The summed E-state index contributed by atoms with van der Waals surface area (Å²) in [6.07, 6.45) is 0. The zero-order chi connectivity index (χ0) is 6.69. The highest BCUT2D eigenvalue weighted by atomic mass is 127. The van der Waals surface area contributed by atoms with Gasteiger partial charge >= 0.3 is 0 Å². The highest BCUT2D eigenvalue weighted by Gasteiger charge is 1.88. The first-order valence-corrected chi connectivity index (χ1v) is 3.28. The summed E-state index contributed by atoms with van der Waals surface area (Å²) in [7, 11) is 0. The summed E-state index contributed by atoms with van der Waals surface area (Å²) in [4.78, 5) is 0. The van der Waals surface area contributed by atoms with Crippen molar-refractivity contribution in [2.75, 3.05) is 0 Å². The molecule has 0 bridgehead atoms. The first-order valence-electron chi connectivity index (χ1n) is 2.40. The van der Waals surface area contributed by atoms with Gasteiger partial charge in [0.15, 0.2) is 23.0 Å². The van der Waals surface area contributed by atoms with Crippen LogP contribution in [0.15, 0.2) is 24.3 Å². The summed E-state index contributed by atoms with van der Waals surface area (Å²) < 4.78 is 4.83. The Labute approximate surface area is 67.2 Å². The molecule has 3 heteroatoms. The van der Waals surface area contributed by atoms with Gasteiger partial charge in [0, 0.05) is 0 Å². The molecule has 9 heavy (non-hydrogen) atoms. The Kier molecular flexibility index (Phi) is 2.16. The lowest BCUT2D eigenvalue weighted by atomic mass is 10.3. The second-order valence-corrected chi connectivity index (χ2v) is 2.01. The highest BCUT2D eigenvalue weighted by Crippen LogP contribution is 2.16. The molecule has 0 aliphatic rings. The van der Waals surface area contributed by atoms with Crippen LogP contribution in [-0.4, -0.2) is 5.11 Å². The minimum atomic E-state index is 0.257. The first kappa shape index (κ1) is 6.67. The molecule has 1 rings (SSSR count). The Morgan fingerprint density at radius 3 is 2.22 bits per heavy atom. The van der Waals surface area contributed by atoms with Crippen LogP contribution in [0.25, 0.3) is 0 Å². The zero-order valence-electron chi connectivity index (χ0n) is 4.54. The van der Waals surface area contributed by atoms with Crippen LogP contribution in [0, 0.1) is 0 Å². The molecule has 0 fully saturated rings. The Morgan fingerprint density at radius 2 is 1.78 bits per heavy atom. The summed E-state index contributed by atoms with van der Waals surface area (Å²) in [5, 5.41) is 8.79. The third kappa shape index (κ3) is 1.74. The van der Waals surface area contributed by atoms with E-state index in [2.05, 4.69) is 0 Å². The standard InChI is InChI=1S/C6H5IO2/c7-9-6-3-1-5(8)2-4-6/h1-4,8H. The van der Waals surface area contributed by atoms with Crippen molar-refractivity contribution in [1.29, 1.82) is 0 Å². The van der Waals surface area contributed by atoms with Crippen molar-refractivity contribution in [3.63, 3.8) is 0 Å². The number of benzene rings is 1. The maximum absolute atomic E-state index is 8.79. The van der Waals surface area contributed by atoms with Gasteiger partial charge in [0.1, 0.15) is 11.5 Å². The van der Waals surface area contributed by atoms with E-state index in [1.807, 2.05) is 0 Å². The van der Waals surface area contributed by atoms with Gasteiger partial charge in [-0.05, 0) is 24.3 Å². The van der Waals surface area contributed by atoms with Crippen molar-refractivity contribution in [1.82, 2.24) is 0 Å². The molecule has 0 aliphatic heterocycles. The topological polar surface area (TPSA) is 29.5 Å². The fourth-order valence-corrected chi connectivity index (χ4v) is 0.791. The molecule has 0 saturated heterocycles. The van der Waals surface area contributed by atoms with E-state index >= 15 is 0 Å². The van der Waals surface area contributed by atoms with E-state index in [0.29, 0.717) is 0 Å². The minimum absolute atomic E-state index is 0.257. The van der Waals surface area contributed by atoms with Crippen molar-refractivity contribution < 1.29 is 8.17 Å². The normalized spacial score (nSPS) is 9.00. The van der Waals surface area contributed by atoms with Gasteiger partial charge in [-0.25, -0.2) is 0 Å². The van der Waals surface area contributed by atoms with Crippen molar-refractivity contribution in [3.05, 3.63) is 24.3 Å². The van der Waals surface area contributed by atoms with Crippen LogP contribution in [0.3, 0.4) is 0 Å². The Morgan fingerprint density at radius 1 is 1.22 bits per heavy atom. The molecule has 1 aromatic carbocycles. The van der Waals surface area contributed by atoms with E-state index in [-0.39, 0.29) is 5.75 Å². The molecule has 0 radical (unpaired) electrons.